The second-order valence-corrected chi connectivity index (χ2v) is 8.20. The van der Waals surface area contributed by atoms with Crippen LogP contribution in [0.15, 0.2) is 45.6 Å². The zero-order chi connectivity index (χ0) is 15.0. The average Bonchev–Trinajstić information content (AvgIpc) is 3.02. The number of benzene rings is 1. The van der Waals surface area contributed by atoms with Crippen LogP contribution in [0.1, 0.15) is 5.56 Å². The van der Waals surface area contributed by atoms with Crippen LogP contribution in [0.25, 0.3) is 10.2 Å². The second-order valence-electron chi connectivity index (χ2n) is 4.59. The minimum absolute atomic E-state index is 0.135. The molecule has 0 saturated carbocycles. The van der Waals surface area contributed by atoms with Crippen LogP contribution >= 0.6 is 22.9 Å². The maximum Gasteiger partial charge on any atom is 0.217 e. The van der Waals surface area contributed by atoms with Gasteiger partial charge in [0.2, 0.25) is 9.84 Å². The number of H-pyrrole nitrogens is 1. The molecule has 0 unspecified atom stereocenters. The largest absolute Gasteiger partial charge is 0.353 e. The minimum Gasteiger partial charge on any atom is -0.353 e. The average molecular weight is 341 g/mol. The molecule has 3 aromatic rings. The Morgan fingerprint density at radius 2 is 2.05 bits per heavy atom. The predicted octanol–water partition coefficient (Wildman–Crippen LogP) is 3.22. The van der Waals surface area contributed by atoms with Crippen LogP contribution in [-0.4, -0.2) is 19.9 Å². The van der Waals surface area contributed by atoms with Crippen molar-refractivity contribution in [1.29, 1.82) is 0 Å². The summed E-state index contributed by atoms with van der Waals surface area (Å²) in [6.45, 7) is 0.523. The number of fused-ring (bicyclic) bond motifs is 1. The molecular formula is C14H13ClN2O2S2. The first-order valence-corrected chi connectivity index (χ1v) is 9.01. The fourth-order valence-corrected chi connectivity index (χ4v) is 5.48. The lowest BCUT2D eigenvalue weighted by Crippen LogP contribution is -2.02. The first-order valence-electron chi connectivity index (χ1n) is 6.33. The highest BCUT2D eigenvalue weighted by Gasteiger charge is 2.24. The van der Waals surface area contributed by atoms with E-state index in [1.165, 1.54) is 17.4 Å². The van der Waals surface area contributed by atoms with Gasteiger partial charge in [-0.15, -0.1) is 11.3 Å². The zero-order valence-electron chi connectivity index (χ0n) is 11.0. The summed E-state index contributed by atoms with van der Waals surface area (Å²) in [5.74, 6) is 0. The molecule has 0 radical (unpaired) electrons. The molecule has 3 N–H and O–H groups in total. The molecule has 0 aliphatic rings. The fraction of sp³-hybridized carbons (Fsp3) is 0.143. The summed E-state index contributed by atoms with van der Waals surface area (Å²) in [4.78, 5) is 4.07. The van der Waals surface area contributed by atoms with Crippen molar-refractivity contribution in [2.45, 2.75) is 15.5 Å². The van der Waals surface area contributed by atoms with E-state index in [9.17, 15) is 8.42 Å². The first kappa shape index (κ1) is 14.6. The molecule has 110 valence electrons. The number of sulfone groups is 1. The van der Waals surface area contributed by atoms with Gasteiger partial charge in [0.15, 0.2) is 0 Å². The number of rotatable bonds is 4. The molecule has 0 aliphatic heterocycles. The van der Waals surface area contributed by atoms with Crippen LogP contribution < -0.4 is 5.73 Å². The highest BCUT2D eigenvalue weighted by Crippen LogP contribution is 2.36. The van der Waals surface area contributed by atoms with Gasteiger partial charge in [0.25, 0.3) is 0 Å². The molecule has 2 heterocycles. The summed E-state index contributed by atoms with van der Waals surface area (Å²) in [6, 6.07) is 8.16. The van der Waals surface area contributed by atoms with E-state index in [2.05, 4.69) is 4.98 Å². The maximum atomic E-state index is 12.7. The lowest BCUT2D eigenvalue weighted by atomic mass is 10.2. The van der Waals surface area contributed by atoms with Crippen molar-refractivity contribution >= 4 is 43.0 Å². The standard InChI is InChI=1S/C14H13ClN2O2S2/c15-11-3-1-2-4-12(11)21(18,19)13-7-10-9(5-6-16)8-17-14(10)20-13/h1-4,7-8,17H,5-6,16H2. The Labute approximate surface area is 131 Å². The Morgan fingerprint density at radius 1 is 1.29 bits per heavy atom. The fourth-order valence-electron chi connectivity index (χ4n) is 2.21. The molecule has 0 spiro atoms. The van der Waals surface area contributed by atoms with E-state index >= 15 is 0 Å². The maximum absolute atomic E-state index is 12.7. The molecule has 1 aromatic carbocycles. The zero-order valence-corrected chi connectivity index (χ0v) is 13.4. The number of nitrogens with one attached hydrogen (secondary N) is 1. The van der Waals surface area contributed by atoms with Crippen LogP contribution in [0.2, 0.25) is 5.02 Å². The van der Waals surface area contributed by atoms with Gasteiger partial charge in [-0.05, 0) is 36.7 Å². The third-order valence-corrected chi connectivity index (χ3v) is 7.03. The van der Waals surface area contributed by atoms with Crippen molar-refractivity contribution in [1.82, 2.24) is 4.98 Å². The minimum atomic E-state index is -3.60. The first-order chi connectivity index (χ1) is 10.0. The molecule has 0 bridgehead atoms. The summed E-state index contributed by atoms with van der Waals surface area (Å²) in [6.07, 6.45) is 2.59. The van der Waals surface area contributed by atoms with Gasteiger partial charge >= 0.3 is 0 Å². The van der Waals surface area contributed by atoms with Crippen LogP contribution in [0.4, 0.5) is 0 Å². The second kappa shape index (κ2) is 5.46. The van der Waals surface area contributed by atoms with Gasteiger partial charge in [0.05, 0.1) is 9.92 Å². The Kier molecular flexibility index (Phi) is 3.79. The molecule has 4 nitrogen and oxygen atoms in total. The van der Waals surface area contributed by atoms with Gasteiger partial charge in [0.1, 0.15) is 9.04 Å². The van der Waals surface area contributed by atoms with E-state index in [4.69, 9.17) is 17.3 Å². The number of thiophene rings is 1. The van der Waals surface area contributed by atoms with E-state index in [1.807, 2.05) is 6.20 Å². The Hall–Kier alpha value is -1.34. The number of aromatic amines is 1. The Morgan fingerprint density at radius 3 is 2.76 bits per heavy atom. The molecule has 7 heteroatoms. The van der Waals surface area contributed by atoms with E-state index in [1.54, 1.807) is 24.3 Å². The van der Waals surface area contributed by atoms with Crippen molar-refractivity contribution < 1.29 is 8.42 Å². The summed E-state index contributed by atoms with van der Waals surface area (Å²) in [7, 11) is -3.60. The molecule has 0 fully saturated rings. The lowest BCUT2D eigenvalue weighted by Gasteiger charge is -2.03. The van der Waals surface area contributed by atoms with Crippen LogP contribution in [0.3, 0.4) is 0 Å². The van der Waals surface area contributed by atoms with Crippen LogP contribution in [-0.2, 0) is 16.3 Å². The summed E-state index contributed by atoms with van der Waals surface area (Å²) in [5.41, 5.74) is 6.60. The molecule has 0 aliphatic carbocycles. The van der Waals surface area contributed by atoms with E-state index in [0.717, 1.165) is 15.8 Å². The number of hydrogen-bond acceptors (Lipinski definition) is 4. The molecule has 0 amide bonds. The van der Waals surface area contributed by atoms with E-state index < -0.39 is 9.84 Å². The van der Waals surface area contributed by atoms with Crippen LogP contribution in [0.5, 0.6) is 0 Å². The summed E-state index contributed by atoms with van der Waals surface area (Å²) < 4.78 is 25.6. The van der Waals surface area contributed by atoms with Crippen molar-refractivity contribution in [3.63, 3.8) is 0 Å². The number of hydrogen-bond donors (Lipinski definition) is 2. The number of nitrogens with two attached hydrogens (primary N) is 1. The smallest absolute Gasteiger partial charge is 0.217 e. The Balaban J connectivity index is 2.13. The van der Waals surface area contributed by atoms with Crippen molar-refractivity contribution in [2.24, 2.45) is 5.73 Å². The number of aromatic nitrogens is 1. The van der Waals surface area contributed by atoms with Crippen molar-refractivity contribution in [3.05, 3.63) is 47.1 Å². The Bertz CT molecular complexity index is 897. The number of halogens is 1. The normalized spacial score (nSPS) is 12.1. The molecule has 2 aromatic heterocycles. The quantitative estimate of drug-likeness (QED) is 0.765. The van der Waals surface area contributed by atoms with Crippen molar-refractivity contribution in [3.8, 4) is 0 Å². The SMILES string of the molecule is NCCc1c[nH]c2sc(S(=O)(=O)c3ccccc3Cl)cc12. The van der Waals surface area contributed by atoms with E-state index in [0.29, 0.717) is 13.0 Å². The van der Waals surface area contributed by atoms with Gasteiger partial charge < -0.3 is 10.7 Å². The van der Waals surface area contributed by atoms with Crippen LogP contribution in [0, 0.1) is 0 Å². The van der Waals surface area contributed by atoms with Gasteiger partial charge in [-0.25, -0.2) is 8.42 Å². The third kappa shape index (κ3) is 2.48. The third-order valence-electron chi connectivity index (χ3n) is 3.24. The van der Waals surface area contributed by atoms with Gasteiger partial charge in [0, 0.05) is 11.6 Å². The summed E-state index contributed by atoms with van der Waals surface area (Å²) >= 11 is 7.22. The topological polar surface area (TPSA) is 76.0 Å². The molecule has 3 rings (SSSR count). The molecular weight excluding hydrogens is 328 g/mol. The monoisotopic (exact) mass is 340 g/mol. The lowest BCUT2D eigenvalue weighted by molar-refractivity contribution is 0.598. The predicted molar refractivity (Wildman–Crippen MR) is 85.8 cm³/mol. The molecule has 0 saturated heterocycles. The van der Waals surface area contributed by atoms with Crippen molar-refractivity contribution in [2.75, 3.05) is 6.54 Å². The summed E-state index contributed by atoms with van der Waals surface area (Å²) in [5, 5.41) is 1.15. The van der Waals surface area contributed by atoms with Gasteiger partial charge in [-0.3, -0.25) is 0 Å². The van der Waals surface area contributed by atoms with E-state index in [-0.39, 0.29) is 14.1 Å². The highest BCUT2D eigenvalue weighted by atomic mass is 35.5. The molecule has 0 atom stereocenters. The molecule has 21 heavy (non-hydrogen) atoms. The highest BCUT2D eigenvalue weighted by molar-refractivity contribution is 7.93. The van der Waals surface area contributed by atoms with Gasteiger partial charge in [-0.1, -0.05) is 23.7 Å². The van der Waals surface area contributed by atoms with Gasteiger partial charge in [-0.2, -0.15) is 0 Å².